The van der Waals surface area contributed by atoms with Crippen LogP contribution in [-0.2, 0) is 6.42 Å². The predicted molar refractivity (Wildman–Crippen MR) is 87.9 cm³/mol. The topological polar surface area (TPSA) is 116 Å². The third-order valence-electron chi connectivity index (χ3n) is 4.38. The fourth-order valence-corrected chi connectivity index (χ4v) is 3.01. The van der Waals surface area contributed by atoms with Crippen molar-refractivity contribution >= 4 is 5.78 Å². The third kappa shape index (κ3) is 2.67. The second-order valence-corrected chi connectivity index (χ2v) is 5.95. The maximum Gasteiger partial charge on any atom is 0.204 e. The number of ketones is 1. The summed E-state index contributed by atoms with van der Waals surface area (Å²) in [6.07, 6.45) is 0.173. The third-order valence-corrected chi connectivity index (χ3v) is 4.38. The van der Waals surface area contributed by atoms with Crippen molar-refractivity contribution in [1.29, 1.82) is 0 Å². The standard InChI is InChI=1S/C18H18O7/c1-8-14(21)18(24-2)16(23)13-15(22)10(7-25-17(8)13)5-9-3-4-11(19)6-12(9)20/h3-4,6,10,19-21,23H,5,7H2,1-2H3/t10-/m1/s1. The van der Waals surface area contributed by atoms with E-state index in [9.17, 15) is 25.2 Å². The Morgan fingerprint density at radius 1 is 1.20 bits per heavy atom. The van der Waals surface area contributed by atoms with Crippen LogP contribution < -0.4 is 9.47 Å². The molecule has 0 bridgehead atoms. The highest BCUT2D eigenvalue weighted by Crippen LogP contribution is 2.49. The summed E-state index contributed by atoms with van der Waals surface area (Å²) < 4.78 is 10.6. The molecule has 0 saturated heterocycles. The minimum absolute atomic E-state index is 0.0399. The predicted octanol–water partition coefficient (Wildman–Crippen LogP) is 2.26. The molecule has 0 amide bonds. The lowest BCUT2D eigenvalue weighted by molar-refractivity contribution is 0.0823. The maximum atomic E-state index is 12.8. The molecule has 132 valence electrons. The number of aromatic hydroxyl groups is 4. The molecule has 1 aliphatic rings. The number of fused-ring (bicyclic) bond motifs is 1. The van der Waals surface area contributed by atoms with Gasteiger partial charge in [0.25, 0.3) is 0 Å². The fraction of sp³-hybridized carbons (Fsp3) is 0.278. The molecule has 3 rings (SSSR count). The summed E-state index contributed by atoms with van der Waals surface area (Å²) in [6.45, 7) is 1.60. The molecule has 0 spiro atoms. The van der Waals surface area contributed by atoms with Crippen LogP contribution in [0.25, 0.3) is 0 Å². The largest absolute Gasteiger partial charge is 0.508 e. The monoisotopic (exact) mass is 346 g/mol. The van der Waals surface area contributed by atoms with Crippen LogP contribution in [-0.4, -0.2) is 39.9 Å². The molecule has 7 heteroatoms. The van der Waals surface area contributed by atoms with E-state index in [1.54, 1.807) is 6.92 Å². The van der Waals surface area contributed by atoms with Gasteiger partial charge >= 0.3 is 0 Å². The number of ether oxygens (including phenoxy) is 2. The lowest BCUT2D eigenvalue weighted by atomic mass is 9.87. The summed E-state index contributed by atoms with van der Waals surface area (Å²) in [7, 11) is 1.28. The van der Waals surface area contributed by atoms with E-state index >= 15 is 0 Å². The minimum atomic E-state index is -0.637. The van der Waals surface area contributed by atoms with Gasteiger partial charge in [0, 0.05) is 11.6 Å². The van der Waals surface area contributed by atoms with Crippen LogP contribution in [0, 0.1) is 12.8 Å². The molecule has 0 aromatic heterocycles. The molecule has 1 heterocycles. The zero-order valence-electron chi connectivity index (χ0n) is 13.7. The van der Waals surface area contributed by atoms with E-state index < -0.39 is 11.7 Å². The van der Waals surface area contributed by atoms with Gasteiger partial charge in [0.05, 0.1) is 19.6 Å². The number of phenols is 4. The Kier molecular flexibility index (Phi) is 4.08. The smallest absolute Gasteiger partial charge is 0.204 e. The van der Waals surface area contributed by atoms with Crippen molar-refractivity contribution in [2.45, 2.75) is 13.3 Å². The van der Waals surface area contributed by atoms with Gasteiger partial charge in [-0.1, -0.05) is 6.07 Å². The van der Waals surface area contributed by atoms with Gasteiger partial charge in [0.2, 0.25) is 5.75 Å². The van der Waals surface area contributed by atoms with Gasteiger partial charge in [0.1, 0.15) is 22.8 Å². The zero-order valence-corrected chi connectivity index (χ0v) is 13.7. The van der Waals surface area contributed by atoms with E-state index in [2.05, 4.69) is 0 Å². The Balaban J connectivity index is 2.00. The van der Waals surface area contributed by atoms with Gasteiger partial charge in [-0.15, -0.1) is 0 Å². The molecule has 25 heavy (non-hydrogen) atoms. The summed E-state index contributed by atoms with van der Waals surface area (Å²) in [6, 6.07) is 4.13. The van der Waals surface area contributed by atoms with Crippen molar-refractivity contribution in [3.05, 3.63) is 34.9 Å². The second kappa shape index (κ2) is 6.08. The molecule has 0 aliphatic carbocycles. The van der Waals surface area contributed by atoms with Crippen LogP contribution in [0.5, 0.6) is 34.5 Å². The first kappa shape index (κ1) is 16.8. The molecule has 0 fully saturated rings. The number of hydrogen-bond donors (Lipinski definition) is 4. The van der Waals surface area contributed by atoms with E-state index in [1.807, 2.05) is 0 Å². The number of benzene rings is 2. The highest BCUT2D eigenvalue weighted by atomic mass is 16.5. The Morgan fingerprint density at radius 3 is 2.56 bits per heavy atom. The van der Waals surface area contributed by atoms with Crippen molar-refractivity contribution in [2.24, 2.45) is 5.92 Å². The first-order chi connectivity index (χ1) is 11.8. The second-order valence-electron chi connectivity index (χ2n) is 5.95. The highest BCUT2D eigenvalue weighted by Gasteiger charge is 2.36. The van der Waals surface area contributed by atoms with E-state index in [1.165, 1.54) is 25.3 Å². The fourth-order valence-electron chi connectivity index (χ4n) is 3.01. The summed E-state index contributed by atoms with van der Waals surface area (Å²) in [5.41, 5.74) is 0.746. The summed E-state index contributed by atoms with van der Waals surface area (Å²) in [5.74, 6) is -2.00. The van der Waals surface area contributed by atoms with Crippen molar-refractivity contribution in [1.82, 2.24) is 0 Å². The molecule has 0 unspecified atom stereocenters. The molecule has 1 atom stereocenters. The average molecular weight is 346 g/mol. The number of carbonyl (C=O) groups is 1. The average Bonchev–Trinajstić information content (AvgIpc) is 2.57. The van der Waals surface area contributed by atoms with Gasteiger partial charge in [-0.2, -0.15) is 0 Å². The van der Waals surface area contributed by atoms with E-state index in [4.69, 9.17) is 9.47 Å². The maximum absolute atomic E-state index is 12.8. The Morgan fingerprint density at radius 2 is 1.92 bits per heavy atom. The number of phenolic OH excluding ortho intramolecular Hbond substituents is 4. The van der Waals surface area contributed by atoms with Crippen LogP contribution >= 0.6 is 0 Å². The molecule has 0 radical (unpaired) electrons. The van der Waals surface area contributed by atoms with Gasteiger partial charge in [-0.25, -0.2) is 0 Å². The summed E-state index contributed by atoms with van der Waals surface area (Å²) in [5, 5.41) is 39.6. The molecule has 4 N–H and O–H groups in total. The Labute approximate surface area is 143 Å². The van der Waals surface area contributed by atoms with Crippen molar-refractivity contribution in [2.75, 3.05) is 13.7 Å². The number of methoxy groups -OCH3 is 1. The van der Waals surface area contributed by atoms with Crippen molar-refractivity contribution < 1.29 is 34.7 Å². The minimum Gasteiger partial charge on any atom is -0.508 e. The van der Waals surface area contributed by atoms with Gasteiger partial charge < -0.3 is 29.9 Å². The zero-order chi connectivity index (χ0) is 18.3. The lowest BCUT2D eigenvalue weighted by Crippen LogP contribution is -2.30. The molecule has 2 aromatic rings. The van der Waals surface area contributed by atoms with E-state index in [0.29, 0.717) is 11.1 Å². The molecule has 1 aliphatic heterocycles. The number of rotatable bonds is 3. The molecular weight excluding hydrogens is 328 g/mol. The van der Waals surface area contributed by atoms with E-state index in [-0.39, 0.29) is 53.1 Å². The van der Waals surface area contributed by atoms with Gasteiger partial charge in [-0.3, -0.25) is 4.79 Å². The molecule has 2 aromatic carbocycles. The highest BCUT2D eigenvalue weighted by molar-refractivity contribution is 6.05. The number of carbonyl (C=O) groups excluding carboxylic acids is 1. The van der Waals surface area contributed by atoms with Crippen molar-refractivity contribution in [3.63, 3.8) is 0 Å². The van der Waals surface area contributed by atoms with Crippen LogP contribution in [0.3, 0.4) is 0 Å². The summed E-state index contributed by atoms with van der Waals surface area (Å²) >= 11 is 0. The first-order valence-electron chi connectivity index (χ1n) is 7.65. The van der Waals surface area contributed by atoms with Crippen LogP contribution in [0.1, 0.15) is 21.5 Å². The molecular formula is C18H18O7. The van der Waals surface area contributed by atoms with Gasteiger partial charge in [0.15, 0.2) is 17.3 Å². The number of hydrogen-bond acceptors (Lipinski definition) is 7. The summed E-state index contributed by atoms with van der Waals surface area (Å²) in [4.78, 5) is 12.8. The van der Waals surface area contributed by atoms with E-state index in [0.717, 1.165) is 0 Å². The van der Waals surface area contributed by atoms with Crippen LogP contribution in [0.15, 0.2) is 18.2 Å². The number of Topliss-reactive ketones (excluding diaryl/α,β-unsaturated/α-hetero) is 1. The van der Waals surface area contributed by atoms with Crippen LogP contribution in [0.4, 0.5) is 0 Å². The van der Waals surface area contributed by atoms with Crippen LogP contribution in [0.2, 0.25) is 0 Å². The molecule has 7 nitrogen and oxygen atoms in total. The SMILES string of the molecule is COc1c(O)c(C)c2c(c1O)C(=O)[C@H](Cc1ccc(O)cc1O)CO2. The molecule has 0 saturated carbocycles. The lowest BCUT2D eigenvalue weighted by Gasteiger charge is -2.27. The van der Waals surface area contributed by atoms with Gasteiger partial charge in [-0.05, 0) is 25.0 Å². The normalized spacial score (nSPS) is 16.2. The first-order valence-corrected chi connectivity index (χ1v) is 7.65. The van der Waals surface area contributed by atoms with Crippen molar-refractivity contribution in [3.8, 4) is 34.5 Å². The Bertz CT molecular complexity index is 857. The Hall–Kier alpha value is -3.09. The quantitative estimate of drug-likeness (QED) is 0.673.